The van der Waals surface area contributed by atoms with Crippen molar-refractivity contribution in [1.82, 2.24) is 0 Å². The number of carbonyl (C=O) groups is 3. The number of carboxylic acids is 1. The number of rotatable bonds is 7. The minimum absolute atomic E-state index is 0.185. The molecule has 0 spiro atoms. The molecule has 1 aliphatic heterocycles. The molecule has 32 heavy (non-hydrogen) atoms. The maximum atomic E-state index is 13.0. The molecule has 3 rings (SSSR count). The standard InChI is InChI=1S/C22H20N2O6S2/c1-12(21(27)28)30-17-9-4-14(10-18(17)29-3)11-19-20(26)24(22(31)32-19)16-7-5-15(6-8-16)23-13(2)25/h4-12H,1-3H3,(H,23,25)(H,27,28)/b19-11+. The zero-order chi connectivity index (χ0) is 23.4. The molecule has 1 aliphatic rings. The average molecular weight is 473 g/mol. The van der Waals surface area contributed by atoms with Crippen molar-refractivity contribution in [2.24, 2.45) is 0 Å². The topological polar surface area (TPSA) is 105 Å². The Morgan fingerprint density at radius 1 is 1.19 bits per heavy atom. The van der Waals surface area contributed by atoms with Crippen molar-refractivity contribution in [3.8, 4) is 11.5 Å². The molecule has 1 fully saturated rings. The highest BCUT2D eigenvalue weighted by molar-refractivity contribution is 8.27. The highest BCUT2D eigenvalue weighted by atomic mass is 32.2. The molecule has 0 saturated carbocycles. The third kappa shape index (κ3) is 5.27. The molecule has 1 saturated heterocycles. The zero-order valence-electron chi connectivity index (χ0n) is 17.4. The first-order chi connectivity index (χ1) is 15.2. The van der Waals surface area contributed by atoms with E-state index >= 15 is 0 Å². The van der Waals surface area contributed by atoms with Crippen LogP contribution in [0.1, 0.15) is 19.4 Å². The van der Waals surface area contributed by atoms with E-state index in [-0.39, 0.29) is 17.6 Å². The van der Waals surface area contributed by atoms with E-state index < -0.39 is 12.1 Å². The van der Waals surface area contributed by atoms with Crippen LogP contribution >= 0.6 is 24.0 Å². The number of aliphatic carboxylic acids is 1. The Morgan fingerprint density at radius 3 is 2.47 bits per heavy atom. The third-order valence-corrected chi connectivity index (χ3v) is 5.68. The van der Waals surface area contributed by atoms with Crippen LogP contribution < -0.4 is 19.7 Å². The maximum absolute atomic E-state index is 13.0. The van der Waals surface area contributed by atoms with E-state index in [0.29, 0.717) is 31.9 Å². The first kappa shape index (κ1) is 23.3. The first-order valence-corrected chi connectivity index (χ1v) is 10.6. The summed E-state index contributed by atoms with van der Waals surface area (Å²) in [5.74, 6) is -0.922. The summed E-state index contributed by atoms with van der Waals surface area (Å²) in [5, 5.41) is 11.7. The van der Waals surface area contributed by atoms with Gasteiger partial charge in [-0.1, -0.05) is 30.0 Å². The summed E-state index contributed by atoms with van der Waals surface area (Å²) in [4.78, 5) is 37.0. The lowest BCUT2D eigenvalue weighted by molar-refractivity contribution is -0.144. The lowest BCUT2D eigenvalue weighted by Crippen LogP contribution is -2.27. The smallest absolute Gasteiger partial charge is 0.344 e. The summed E-state index contributed by atoms with van der Waals surface area (Å²) in [5.41, 5.74) is 1.88. The van der Waals surface area contributed by atoms with Crippen LogP contribution in [0.5, 0.6) is 11.5 Å². The van der Waals surface area contributed by atoms with Crippen LogP contribution in [0.2, 0.25) is 0 Å². The van der Waals surface area contributed by atoms with Gasteiger partial charge in [0, 0.05) is 12.6 Å². The normalized spacial score (nSPS) is 15.6. The van der Waals surface area contributed by atoms with E-state index in [9.17, 15) is 14.4 Å². The number of amides is 2. The molecule has 0 aliphatic carbocycles. The van der Waals surface area contributed by atoms with Crippen molar-refractivity contribution in [3.63, 3.8) is 0 Å². The Kier molecular flexibility index (Phi) is 7.16. The van der Waals surface area contributed by atoms with Gasteiger partial charge in [0.1, 0.15) is 0 Å². The molecule has 0 bridgehead atoms. The quantitative estimate of drug-likeness (QED) is 0.462. The number of benzene rings is 2. The molecule has 166 valence electrons. The van der Waals surface area contributed by atoms with Gasteiger partial charge in [-0.3, -0.25) is 14.5 Å². The van der Waals surface area contributed by atoms with Gasteiger partial charge < -0.3 is 19.9 Å². The van der Waals surface area contributed by atoms with Crippen molar-refractivity contribution in [2.45, 2.75) is 20.0 Å². The van der Waals surface area contributed by atoms with Crippen molar-refractivity contribution < 1.29 is 29.0 Å². The van der Waals surface area contributed by atoms with Gasteiger partial charge in [-0.05, 0) is 55.0 Å². The third-order valence-electron chi connectivity index (χ3n) is 4.38. The van der Waals surface area contributed by atoms with Crippen molar-refractivity contribution >= 4 is 63.5 Å². The largest absolute Gasteiger partial charge is 0.493 e. The molecular weight excluding hydrogens is 452 g/mol. The molecule has 2 amide bonds. The average Bonchev–Trinajstić information content (AvgIpc) is 3.02. The fraction of sp³-hybridized carbons (Fsp3) is 0.182. The number of nitrogens with one attached hydrogen (secondary N) is 1. The van der Waals surface area contributed by atoms with Gasteiger partial charge in [-0.25, -0.2) is 4.79 Å². The predicted octanol–water partition coefficient (Wildman–Crippen LogP) is 3.91. The Hall–Kier alpha value is -3.37. The molecular formula is C22H20N2O6S2. The summed E-state index contributed by atoms with van der Waals surface area (Å²) < 4.78 is 11.1. The van der Waals surface area contributed by atoms with E-state index in [1.54, 1.807) is 48.5 Å². The number of ether oxygens (including phenoxy) is 2. The minimum atomic E-state index is -1.09. The van der Waals surface area contributed by atoms with Gasteiger partial charge >= 0.3 is 5.97 Å². The van der Waals surface area contributed by atoms with Crippen LogP contribution in [0.3, 0.4) is 0 Å². The summed E-state index contributed by atoms with van der Waals surface area (Å²) in [6, 6.07) is 11.7. The van der Waals surface area contributed by atoms with Gasteiger partial charge in [0.25, 0.3) is 5.91 Å². The molecule has 0 radical (unpaired) electrons. The second-order valence-electron chi connectivity index (χ2n) is 6.75. The Bertz CT molecular complexity index is 1110. The lowest BCUT2D eigenvalue weighted by Gasteiger charge is -2.15. The van der Waals surface area contributed by atoms with E-state index in [0.717, 1.165) is 0 Å². The fourth-order valence-corrected chi connectivity index (χ4v) is 4.15. The van der Waals surface area contributed by atoms with Gasteiger partial charge in [0.05, 0.1) is 17.7 Å². The number of hydrogen-bond donors (Lipinski definition) is 2. The number of anilines is 2. The predicted molar refractivity (Wildman–Crippen MR) is 127 cm³/mol. The van der Waals surface area contributed by atoms with Gasteiger partial charge in [0.15, 0.2) is 21.9 Å². The second kappa shape index (κ2) is 9.84. The number of carbonyl (C=O) groups excluding carboxylic acids is 2. The molecule has 2 aromatic carbocycles. The molecule has 0 aromatic heterocycles. The SMILES string of the molecule is COc1cc(/C=C2/SC(=S)N(c3ccc(NC(C)=O)cc3)C2=O)ccc1OC(C)C(=O)O. The van der Waals surface area contributed by atoms with Gasteiger partial charge in [-0.2, -0.15) is 0 Å². The van der Waals surface area contributed by atoms with E-state index in [1.807, 2.05) is 0 Å². The Balaban J connectivity index is 1.82. The number of hydrogen-bond acceptors (Lipinski definition) is 7. The van der Waals surface area contributed by atoms with E-state index in [1.165, 1.54) is 37.6 Å². The zero-order valence-corrected chi connectivity index (χ0v) is 19.1. The van der Waals surface area contributed by atoms with Crippen molar-refractivity contribution in [1.29, 1.82) is 0 Å². The molecule has 1 atom stereocenters. The highest BCUT2D eigenvalue weighted by Crippen LogP contribution is 2.37. The summed E-state index contributed by atoms with van der Waals surface area (Å²) in [7, 11) is 1.45. The van der Waals surface area contributed by atoms with Gasteiger partial charge in [0.2, 0.25) is 5.91 Å². The summed E-state index contributed by atoms with van der Waals surface area (Å²) in [6.07, 6.45) is 0.640. The number of nitrogens with zero attached hydrogens (tertiary/aromatic N) is 1. The molecule has 2 N–H and O–H groups in total. The summed E-state index contributed by atoms with van der Waals surface area (Å²) >= 11 is 6.56. The number of methoxy groups -OCH3 is 1. The monoisotopic (exact) mass is 472 g/mol. The molecule has 2 aromatic rings. The van der Waals surface area contributed by atoms with E-state index in [4.69, 9.17) is 26.8 Å². The van der Waals surface area contributed by atoms with Crippen LogP contribution in [0.15, 0.2) is 47.4 Å². The maximum Gasteiger partial charge on any atom is 0.344 e. The Labute approximate surface area is 194 Å². The number of thiocarbonyl (C=S) groups is 1. The summed E-state index contributed by atoms with van der Waals surface area (Å²) in [6.45, 7) is 2.84. The van der Waals surface area contributed by atoms with Crippen LogP contribution in [0.4, 0.5) is 11.4 Å². The molecule has 1 unspecified atom stereocenters. The Morgan fingerprint density at radius 2 is 1.88 bits per heavy atom. The number of carboxylic acid groups (broad SMARTS) is 1. The highest BCUT2D eigenvalue weighted by Gasteiger charge is 2.33. The molecule has 1 heterocycles. The molecule has 10 heteroatoms. The minimum Gasteiger partial charge on any atom is -0.493 e. The van der Waals surface area contributed by atoms with Crippen LogP contribution in [-0.4, -0.2) is 40.4 Å². The lowest BCUT2D eigenvalue weighted by atomic mass is 10.1. The van der Waals surface area contributed by atoms with Crippen molar-refractivity contribution in [2.75, 3.05) is 17.3 Å². The van der Waals surface area contributed by atoms with Crippen LogP contribution in [0, 0.1) is 0 Å². The molecule has 8 nitrogen and oxygen atoms in total. The van der Waals surface area contributed by atoms with Crippen LogP contribution in [0.25, 0.3) is 6.08 Å². The van der Waals surface area contributed by atoms with E-state index in [2.05, 4.69) is 5.32 Å². The number of thioether (sulfide) groups is 1. The van der Waals surface area contributed by atoms with Crippen LogP contribution in [-0.2, 0) is 14.4 Å². The van der Waals surface area contributed by atoms with Gasteiger partial charge in [-0.15, -0.1) is 0 Å². The first-order valence-electron chi connectivity index (χ1n) is 9.42. The van der Waals surface area contributed by atoms with Crippen molar-refractivity contribution in [3.05, 3.63) is 52.9 Å². The second-order valence-corrected chi connectivity index (χ2v) is 8.43. The fourth-order valence-electron chi connectivity index (χ4n) is 2.85.